The first-order valence-corrected chi connectivity index (χ1v) is 8.17. The van der Waals surface area contributed by atoms with Gasteiger partial charge in [-0.15, -0.1) is 0 Å². The van der Waals surface area contributed by atoms with E-state index in [1.165, 1.54) is 53.6 Å². The highest BCUT2D eigenvalue weighted by molar-refractivity contribution is 5.93. The Morgan fingerprint density at radius 2 is 1.45 bits per heavy atom. The number of hydrogen-bond acceptors (Lipinski definition) is 6. The fraction of sp³-hybridized carbons (Fsp3) is 0.0526. The molecule has 2 heterocycles. The SMILES string of the molecule is Cn1cnc2ccc(C(=O)O)cc2c1=O.O=C(O)c1ccc2nc[nH]c(=O)c2c1. The van der Waals surface area contributed by atoms with Crippen LogP contribution in [-0.4, -0.2) is 41.7 Å². The van der Waals surface area contributed by atoms with Gasteiger partial charge in [0.15, 0.2) is 0 Å². The summed E-state index contributed by atoms with van der Waals surface area (Å²) >= 11 is 0. The number of hydrogen-bond donors (Lipinski definition) is 3. The van der Waals surface area contributed by atoms with Crippen molar-refractivity contribution in [2.24, 2.45) is 7.05 Å². The summed E-state index contributed by atoms with van der Waals surface area (Å²) in [5.74, 6) is -2.11. The largest absolute Gasteiger partial charge is 0.478 e. The van der Waals surface area contributed by atoms with Crippen molar-refractivity contribution in [3.63, 3.8) is 0 Å². The summed E-state index contributed by atoms with van der Waals surface area (Å²) in [6.45, 7) is 0. The predicted molar refractivity (Wildman–Crippen MR) is 103 cm³/mol. The van der Waals surface area contributed by atoms with Crippen LogP contribution in [0.3, 0.4) is 0 Å². The number of carboxylic acid groups (broad SMARTS) is 2. The maximum absolute atomic E-state index is 11.6. The van der Waals surface area contributed by atoms with Crippen LogP contribution in [0.5, 0.6) is 0 Å². The lowest BCUT2D eigenvalue weighted by atomic mass is 10.1. The standard InChI is InChI=1S/C10H8N2O3.C9H6N2O3/c1-12-5-11-8-3-2-6(10(14)15)4-7(8)9(12)13;12-8-6-3-5(9(13)14)1-2-7(6)10-4-11-8/h2-5H,1H3,(H,14,15);1-4H,(H,13,14)(H,10,11,12). The van der Waals surface area contributed by atoms with Crippen molar-refractivity contribution in [1.29, 1.82) is 0 Å². The van der Waals surface area contributed by atoms with Crippen molar-refractivity contribution in [3.05, 3.63) is 80.9 Å². The van der Waals surface area contributed by atoms with Crippen LogP contribution < -0.4 is 11.1 Å². The molecule has 0 atom stereocenters. The molecule has 0 spiro atoms. The number of rotatable bonds is 2. The van der Waals surface area contributed by atoms with Gasteiger partial charge >= 0.3 is 11.9 Å². The van der Waals surface area contributed by atoms with Crippen molar-refractivity contribution >= 4 is 33.7 Å². The molecule has 29 heavy (non-hydrogen) atoms. The lowest BCUT2D eigenvalue weighted by Crippen LogP contribution is -2.17. The highest BCUT2D eigenvalue weighted by Gasteiger charge is 2.07. The zero-order valence-electron chi connectivity index (χ0n) is 15.0. The number of nitrogens with one attached hydrogen (secondary N) is 1. The average molecular weight is 394 g/mol. The smallest absolute Gasteiger partial charge is 0.335 e. The van der Waals surface area contributed by atoms with E-state index in [2.05, 4.69) is 15.0 Å². The Hall–Kier alpha value is -4.34. The maximum atomic E-state index is 11.6. The Kier molecular flexibility index (Phi) is 5.17. The molecule has 4 aromatic rings. The molecule has 0 bridgehead atoms. The van der Waals surface area contributed by atoms with Crippen LogP contribution in [0.4, 0.5) is 0 Å². The summed E-state index contributed by atoms with van der Waals surface area (Å²) in [6.07, 6.45) is 2.69. The normalized spacial score (nSPS) is 10.4. The van der Waals surface area contributed by atoms with Crippen LogP contribution in [0.1, 0.15) is 20.7 Å². The van der Waals surface area contributed by atoms with Gasteiger partial charge in [0.2, 0.25) is 0 Å². The lowest BCUT2D eigenvalue weighted by Gasteiger charge is -2.00. The molecule has 146 valence electrons. The van der Waals surface area contributed by atoms with E-state index in [0.29, 0.717) is 16.4 Å². The number of aromatic amines is 1. The third-order valence-electron chi connectivity index (χ3n) is 4.05. The number of nitrogens with zero attached hydrogens (tertiary/aromatic N) is 3. The molecule has 3 N–H and O–H groups in total. The van der Waals surface area contributed by atoms with Crippen LogP contribution in [0.25, 0.3) is 21.8 Å². The van der Waals surface area contributed by atoms with E-state index in [9.17, 15) is 19.2 Å². The summed E-state index contributed by atoms with van der Waals surface area (Å²) in [7, 11) is 1.57. The molecule has 0 unspecified atom stereocenters. The summed E-state index contributed by atoms with van der Waals surface area (Å²) in [5.41, 5.74) is 0.576. The number of aromatic nitrogens is 4. The van der Waals surface area contributed by atoms with Crippen molar-refractivity contribution in [2.45, 2.75) is 0 Å². The maximum Gasteiger partial charge on any atom is 0.335 e. The third-order valence-corrected chi connectivity index (χ3v) is 4.05. The Morgan fingerprint density at radius 1 is 0.897 bits per heavy atom. The second-order valence-electron chi connectivity index (χ2n) is 5.97. The molecule has 0 fully saturated rings. The van der Waals surface area contributed by atoms with E-state index >= 15 is 0 Å². The molecule has 0 aliphatic heterocycles. The number of aryl methyl sites for hydroxylation is 1. The molecule has 0 saturated heterocycles. The zero-order valence-corrected chi connectivity index (χ0v) is 15.0. The van der Waals surface area contributed by atoms with Gasteiger partial charge in [0.05, 0.1) is 45.6 Å². The van der Waals surface area contributed by atoms with Crippen LogP contribution in [0.15, 0.2) is 58.6 Å². The molecule has 0 saturated carbocycles. The van der Waals surface area contributed by atoms with E-state index < -0.39 is 11.9 Å². The van der Waals surface area contributed by atoms with Crippen LogP contribution >= 0.6 is 0 Å². The number of fused-ring (bicyclic) bond motifs is 2. The minimum absolute atomic E-state index is 0.0796. The summed E-state index contributed by atoms with van der Waals surface area (Å²) in [4.78, 5) is 54.5. The Balaban J connectivity index is 0.000000166. The van der Waals surface area contributed by atoms with Crippen LogP contribution in [0, 0.1) is 0 Å². The molecule has 2 aromatic carbocycles. The zero-order chi connectivity index (χ0) is 21.1. The van der Waals surface area contributed by atoms with Crippen LogP contribution in [0.2, 0.25) is 0 Å². The van der Waals surface area contributed by atoms with Crippen molar-refractivity contribution < 1.29 is 19.8 Å². The first-order valence-electron chi connectivity index (χ1n) is 8.17. The highest BCUT2D eigenvalue weighted by Crippen LogP contribution is 2.10. The van der Waals surface area contributed by atoms with Gasteiger partial charge in [-0.2, -0.15) is 0 Å². The molecule has 4 rings (SSSR count). The fourth-order valence-electron chi connectivity index (χ4n) is 2.55. The van der Waals surface area contributed by atoms with Gasteiger partial charge in [-0.25, -0.2) is 19.6 Å². The minimum atomic E-state index is -1.06. The molecule has 2 aromatic heterocycles. The first kappa shape index (κ1) is 19.4. The molecule has 0 radical (unpaired) electrons. The van der Waals surface area contributed by atoms with Gasteiger partial charge in [-0.05, 0) is 36.4 Å². The van der Waals surface area contributed by atoms with E-state index in [0.717, 1.165) is 0 Å². The Morgan fingerprint density at radius 3 is 2.03 bits per heavy atom. The van der Waals surface area contributed by atoms with Gasteiger partial charge in [0.1, 0.15) is 0 Å². The molecule has 10 heteroatoms. The number of benzene rings is 2. The average Bonchev–Trinajstić information content (AvgIpc) is 2.71. The number of carbonyl (C=O) groups is 2. The molecule has 0 aliphatic rings. The molecule has 10 nitrogen and oxygen atoms in total. The topological polar surface area (TPSA) is 155 Å². The van der Waals surface area contributed by atoms with Gasteiger partial charge < -0.3 is 19.8 Å². The quantitative estimate of drug-likeness (QED) is 0.459. The predicted octanol–water partition coefficient (Wildman–Crippen LogP) is 1.25. The molecular weight excluding hydrogens is 380 g/mol. The van der Waals surface area contributed by atoms with Gasteiger partial charge in [-0.1, -0.05) is 0 Å². The van der Waals surface area contributed by atoms with E-state index in [1.807, 2.05) is 0 Å². The Bertz CT molecular complexity index is 1370. The van der Waals surface area contributed by atoms with Gasteiger partial charge in [-0.3, -0.25) is 9.59 Å². The summed E-state index contributed by atoms with van der Waals surface area (Å²) in [5, 5.41) is 18.1. The third kappa shape index (κ3) is 4.00. The number of aromatic carboxylic acids is 2. The van der Waals surface area contributed by atoms with Gasteiger partial charge in [0, 0.05) is 7.05 Å². The minimum Gasteiger partial charge on any atom is -0.478 e. The monoisotopic (exact) mass is 394 g/mol. The second kappa shape index (κ2) is 7.72. The molecule has 0 aliphatic carbocycles. The first-order chi connectivity index (χ1) is 13.8. The number of carboxylic acids is 2. The molecular formula is C19H14N4O6. The van der Waals surface area contributed by atoms with E-state index in [-0.39, 0.29) is 27.6 Å². The highest BCUT2D eigenvalue weighted by atomic mass is 16.4. The van der Waals surface area contributed by atoms with E-state index in [1.54, 1.807) is 7.05 Å². The fourth-order valence-corrected chi connectivity index (χ4v) is 2.55. The summed E-state index contributed by atoms with van der Waals surface area (Å²) < 4.78 is 1.31. The van der Waals surface area contributed by atoms with E-state index in [4.69, 9.17) is 10.2 Å². The second-order valence-corrected chi connectivity index (χ2v) is 5.97. The number of H-pyrrole nitrogens is 1. The van der Waals surface area contributed by atoms with Crippen LogP contribution in [-0.2, 0) is 7.05 Å². The Labute approximate surface area is 161 Å². The molecule has 0 amide bonds. The lowest BCUT2D eigenvalue weighted by molar-refractivity contribution is 0.0686. The van der Waals surface area contributed by atoms with Gasteiger partial charge in [0.25, 0.3) is 11.1 Å². The van der Waals surface area contributed by atoms with Crippen molar-refractivity contribution in [1.82, 2.24) is 19.5 Å². The van der Waals surface area contributed by atoms with Crippen molar-refractivity contribution in [3.8, 4) is 0 Å². The van der Waals surface area contributed by atoms with Crippen molar-refractivity contribution in [2.75, 3.05) is 0 Å². The summed E-state index contributed by atoms with van der Waals surface area (Å²) in [6, 6.07) is 8.53.